The van der Waals surface area contributed by atoms with Crippen molar-refractivity contribution < 1.29 is 15.0 Å². The minimum Gasteiger partial charge on any atom is -0.479 e. The second kappa shape index (κ2) is 20.7. The summed E-state index contributed by atoms with van der Waals surface area (Å²) in [7, 11) is 0. The van der Waals surface area contributed by atoms with Gasteiger partial charge in [0.2, 0.25) is 0 Å². The highest BCUT2D eigenvalue weighted by atomic mass is 16.4. The Labute approximate surface area is 162 Å². The van der Waals surface area contributed by atoms with Gasteiger partial charge in [-0.1, -0.05) is 103 Å². The minimum absolute atomic E-state index is 0.873. The fourth-order valence-corrected chi connectivity index (χ4v) is 2.69. The summed E-state index contributed by atoms with van der Waals surface area (Å²) in [5.41, 5.74) is 3.90. The first-order valence-electron chi connectivity index (χ1n) is 11.0. The molecule has 0 rings (SSSR count). The molecule has 4 N–H and O–H groups in total. The molecule has 0 spiro atoms. The van der Waals surface area contributed by atoms with Crippen LogP contribution >= 0.6 is 0 Å². The zero-order valence-corrected chi connectivity index (χ0v) is 17.9. The molecule has 0 amide bonds. The highest BCUT2D eigenvalue weighted by Gasteiger charge is 2.21. The Bertz CT molecular complexity index is 272. The first-order valence-corrected chi connectivity index (χ1v) is 11.0. The molecule has 0 saturated carbocycles. The van der Waals surface area contributed by atoms with Gasteiger partial charge in [0.15, 0.2) is 5.60 Å². The standard InChI is InChI=1S/C18H39N.C4H8O3/c1-2-3-4-5-6-7-8-9-10-11-12-13-14-15-16-17-18-19;1-4(2,7)3(5)6/h2-19H2,1H3;7H,1-2H3,(H,5,6). The molecule has 4 nitrogen and oxygen atoms in total. The van der Waals surface area contributed by atoms with Gasteiger partial charge in [-0.3, -0.25) is 0 Å². The van der Waals surface area contributed by atoms with Crippen molar-refractivity contribution in [3.05, 3.63) is 0 Å². The van der Waals surface area contributed by atoms with Crippen LogP contribution in [0.25, 0.3) is 0 Å². The molecule has 0 aliphatic rings. The fraction of sp³-hybridized carbons (Fsp3) is 0.955. The third-order valence-electron chi connectivity index (χ3n) is 4.58. The van der Waals surface area contributed by atoms with Crippen molar-refractivity contribution in [2.75, 3.05) is 6.54 Å². The molecule has 0 unspecified atom stereocenters. The average Bonchev–Trinajstić information content (AvgIpc) is 2.58. The first-order chi connectivity index (χ1) is 12.4. The Balaban J connectivity index is 0. The molecule has 158 valence electrons. The number of unbranched alkanes of at least 4 members (excludes halogenated alkanes) is 15. The van der Waals surface area contributed by atoms with Gasteiger partial charge >= 0.3 is 5.97 Å². The predicted molar refractivity (Wildman–Crippen MR) is 113 cm³/mol. The van der Waals surface area contributed by atoms with Gasteiger partial charge in [0.25, 0.3) is 0 Å². The van der Waals surface area contributed by atoms with E-state index < -0.39 is 11.6 Å². The van der Waals surface area contributed by atoms with Crippen LogP contribution in [0.15, 0.2) is 0 Å². The van der Waals surface area contributed by atoms with E-state index >= 15 is 0 Å². The maximum absolute atomic E-state index is 9.77. The second-order valence-corrected chi connectivity index (χ2v) is 7.96. The molecule has 0 aromatic heterocycles. The molecule has 0 aliphatic heterocycles. The molecule has 0 radical (unpaired) electrons. The number of hydrogen-bond donors (Lipinski definition) is 3. The average molecular weight is 374 g/mol. The van der Waals surface area contributed by atoms with Gasteiger partial charge in [0.05, 0.1) is 0 Å². The monoisotopic (exact) mass is 373 g/mol. The number of carboxylic acids is 1. The minimum atomic E-state index is -1.58. The Hall–Kier alpha value is -0.610. The summed E-state index contributed by atoms with van der Waals surface area (Å²) in [6.45, 7) is 5.60. The lowest BCUT2D eigenvalue weighted by molar-refractivity contribution is -0.154. The lowest BCUT2D eigenvalue weighted by atomic mass is 10.0. The third-order valence-corrected chi connectivity index (χ3v) is 4.58. The number of carbonyl (C=O) groups is 1. The molecule has 0 atom stereocenters. The molecule has 0 fully saturated rings. The van der Waals surface area contributed by atoms with Crippen molar-refractivity contribution in [3.8, 4) is 0 Å². The number of hydrogen-bond acceptors (Lipinski definition) is 3. The number of rotatable bonds is 17. The predicted octanol–water partition coefficient (Wildman–Crippen LogP) is 6.05. The fourth-order valence-electron chi connectivity index (χ4n) is 2.69. The quantitative estimate of drug-likeness (QED) is 0.271. The summed E-state index contributed by atoms with van der Waals surface area (Å²) in [4.78, 5) is 9.77. The Kier molecular flexibility index (Phi) is 22.0. The second-order valence-electron chi connectivity index (χ2n) is 7.96. The van der Waals surface area contributed by atoms with E-state index in [-0.39, 0.29) is 0 Å². The van der Waals surface area contributed by atoms with Crippen LogP contribution in [0.3, 0.4) is 0 Å². The van der Waals surface area contributed by atoms with Crippen LogP contribution in [-0.4, -0.2) is 28.3 Å². The maximum atomic E-state index is 9.77. The Morgan fingerprint density at radius 1 is 0.692 bits per heavy atom. The molecule has 4 heteroatoms. The number of aliphatic hydroxyl groups is 1. The number of nitrogens with two attached hydrogens (primary N) is 1. The number of aliphatic carboxylic acids is 1. The van der Waals surface area contributed by atoms with Crippen LogP contribution in [0.4, 0.5) is 0 Å². The van der Waals surface area contributed by atoms with E-state index in [0.29, 0.717) is 0 Å². The maximum Gasteiger partial charge on any atom is 0.335 e. The van der Waals surface area contributed by atoms with Crippen molar-refractivity contribution in [2.24, 2.45) is 5.73 Å². The summed E-state index contributed by atoms with van der Waals surface area (Å²) in [5.74, 6) is -1.20. The summed E-state index contributed by atoms with van der Waals surface area (Å²) < 4.78 is 0. The normalized spacial score (nSPS) is 11.1. The van der Waals surface area contributed by atoms with Gasteiger partial charge in [0.1, 0.15) is 0 Å². The van der Waals surface area contributed by atoms with Gasteiger partial charge in [0, 0.05) is 0 Å². The van der Waals surface area contributed by atoms with E-state index in [1.54, 1.807) is 0 Å². The van der Waals surface area contributed by atoms with Crippen LogP contribution in [0, 0.1) is 0 Å². The van der Waals surface area contributed by atoms with Crippen molar-refractivity contribution in [1.29, 1.82) is 0 Å². The van der Waals surface area contributed by atoms with Crippen LogP contribution < -0.4 is 5.73 Å². The molecule has 0 heterocycles. The summed E-state index contributed by atoms with van der Waals surface area (Å²) in [6, 6.07) is 0. The van der Waals surface area contributed by atoms with Crippen LogP contribution in [0.2, 0.25) is 0 Å². The van der Waals surface area contributed by atoms with Gasteiger partial charge < -0.3 is 15.9 Å². The van der Waals surface area contributed by atoms with Gasteiger partial charge in [-0.2, -0.15) is 0 Å². The van der Waals surface area contributed by atoms with Crippen LogP contribution in [0.5, 0.6) is 0 Å². The molecular weight excluding hydrogens is 326 g/mol. The van der Waals surface area contributed by atoms with Gasteiger partial charge in [-0.15, -0.1) is 0 Å². The zero-order valence-electron chi connectivity index (χ0n) is 17.9. The summed E-state index contributed by atoms with van der Waals surface area (Å²) in [6.07, 6.45) is 22.9. The highest BCUT2D eigenvalue weighted by molar-refractivity contribution is 5.75. The smallest absolute Gasteiger partial charge is 0.335 e. The Morgan fingerprint density at radius 3 is 1.12 bits per heavy atom. The summed E-state index contributed by atoms with van der Waals surface area (Å²) in [5, 5.41) is 16.5. The van der Waals surface area contributed by atoms with E-state index in [0.717, 1.165) is 6.54 Å². The highest BCUT2D eigenvalue weighted by Crippen LogP contribution is 2.13. The number of carboxylic acid groups (broad SMARTS) is 1. The largest absolute Gasteiger partial charge is 0.479 e. The molecular formula is C22H47NO3. The molecule has 0 aliphatic carbocycles. The SMILES string of the molecule is CC(C)(O)C(=O)O.CCCCCCCCCCCCCCCCCCN. The first kappa shape index (κ1) is 27.6. The van der Waals surface area contributed by atoms with E-state index in [2.05, 4.69) is 6.92 Å². The van der Waals surface area contributed by atoms with Crippen molar-refractivity contribution in [1.82, 2.24) is 0 Å². The summed E-state index contributed by atoms with van der Waals surface area (Å²) >= 11 is 0. The van der Waals surface area contributed by atoms with Gasteiger partial charge in [-0.05, 0) is 26.8 Å². The van der Waals surface area contributed by atoms with E-state index in [1.807, 2.05) is 0 Å². The van der Waals surface area contributed by atoms with Crippen LogP contribution in [-0.2, 0) is 4.79 Å². The van der Waals surface area contributed by atoms with Crippen molar-refractivity contribution >= 4 is 5.97 Å². The van der Waals surface area contributed by atoms with Gasteiger partial charge in [-0.25, -0.2) is 4.79 Å². The molecule has 0 aromatic rings. The molecule has 0 bridgehead atoms. The Morgan fingerprint density at radius 2 is 0.923 bits per heavy atom. The topological polar surface area (TPSA) is 83.5 Å². The lowest BCUT2D eigenvalue weighted by Crippen LogP contribution is -2.30. The van der Waals surface area contributed by atoms with E-state index in [9.17, 15) is 4.79 Å². The van der Waals surface area contributed by atoms with Crippen molar-refractivity contribution in [2.45, 2.75) is 129 Å². The molecule has 26 heavy (non-hydrogen) atoms. The molecule has 0 aromatic carbocycles. The van der Waals surface area contributed by atoms with E-state index in [1.165, 1.54) is 117 Å². The zero-order chi connectivity index (χ0) is 20.1. The van der Waals surface area contributed by atoms with Crippen LogP contribution in [0.1, 0.15) is 124 Å². The lowest BCUT2D eigenvalue weighted by Gasteiger charge is -2.07. The third kappa shape index (κ3) is 25.6. The van der Waals surface area contributed by atoms with Crippen molar-refractivity contribution in [3.63, 3.8) is 0 Å². The molecule has 0 saturated heterocycles. The van der Waals surface area contributed by atoms with E-state index in [4.69, 9.17) is 15.9 Å².